The van der Waals surface area contributed by atoms with E-state index in [0.717, 1.165) is 17.8 Å². The highest BCUT2D eigenvalue weighted by Crippen LogP contribution is 2.44. The zero-order valence-electron chi connectivity index (χ0n) is 18.8. The molecule has 30 heavy (non-hydrogen) atoms. The van der Waals surface area contributed by atoms with Crippen molar-refractivity contribution in [2.75, 3.05) is 6.61 Å². The molecule has 4 heteroatoms. The number of hydrogen-bond acceptors (Lipinski definition) is 1. The molecule has 3 aliphatic carbocycles. The van der Waals surface area contributed by atoms with Crippen LogP contribution in [0.1, 0.15) is 96.8 Å². The zero-order valence-corrected chi connectivity index (χ0v) is 18.8. The molecule has 0 N–H and O–H groups in total. The summed E-state index contributed by atoms with van der Waals surface area (Å²) in [5, 5.41) is 0. The van der Waals surface area contributed by atoms with Crippen LogP contribution < -0.4 is 0 Å². The fourth-order valence-corrected chi connectivity index (χ4v) is 5.98. The summed E-state index contributed by atoms with van der Waals surface area (Å²) >= 11 is 0. The average Bonchev–Trinajstić information content (AvgIpc) is 2.76. The van der Waals surface area contributed by atoms with Crippen molar-refractivity contribution < 1.29 is 17.9 Å². The lowest BCUT2D eigenvalue weighted by Gasteiger charge is -2.38. The summed E-state index contributed by atoms with van der Waals surface area (Å²) in [4.78, 5) is 0. The molecule has 1 unspecified atom stereocenters. The molecule has 0 amide bonds. The molecule has 0 heterocycles. The average molecular weight is 427 g/mol. The molecule has 1 atom stereocenters. The third kappa shape index (κ3) is 7.73. The Kier molecular flexibility index (Phi) is 9.34. The fourth-order valence-electron chi connectivity index (χ4n) is 5.98. The number of halogens is 3. The summed E-state index contributed by atoms with van der Waals surface area (Å²) in [6.07, 6.45) is 19.8. The van der Waals surface area contributed by atoms with E-state index in [1.807, 2.05) is 12.2 Å². The van der Waals surface area contributed by atoms with E-state index in [2.05, 4.69) is 13.0 Å². The van der Waals surface area contributed by atoms with Crippen molar-refractivity contribution in [3.63, 3.8) is 0 Å². The first-order valence-electron chi connectivity index (χ1n) is 12.5. The standard InChI is InChI=1S/C26H41F3O/c1-2-3-4-5-6-20-7-9-21(10-8-20)22-11-13-23(14-12-22)24-15-17-25(18-16-24)30-19-26(27,28)29/h15-17,20-23,25H,2-14,18-19H2,1H3. The minimum atomic E-state index is -4.25. The lowest BCUT2D eigenvalue weighted by atomic mass is 9.67. The molecule has 2 fully saturated rings. The van der Waals surface area contributed by atoms with E-state index in [1.54, 1.807) is 0 Å². The van der Waals surface area contributed by atoms with Gasteiger partial charge in [0, 0.05) is 0 Å². The number of unbranched alkanes of at least 4 members (excludes halogenated alkanes) is 3. The highest BCUT2D eigenvalue weighted by Gasteiger charge is 2.32. The largest absolute Gasteiger partial charge is 0.411 e. The van der Waals surface area contributed by atoms with Gasteiger partial charge in [0.2, 0.25) is 0 Å². The van der Waals surface area contributed by atoms with Crippen LogP contribution in [0.15, 0.2) is 23.8 Å². The van der Waals surface area contributed by atoms with Gasteiger partial charge < -0.3 is 4.74 Å². The third-order valence-electron chi connectivity index (χ3n) is 7.82. The Morgan fingerprint density at radius 1 is 0.900 bits per heavy atom. The normalized spacial score (nSPS) is 32.8. The Bertz CT molecular complexity index is 549. The van der Waals surface area contributed by atoms with E-state index in [-0.39, 0.29) is 0 Å². The van der Waals surface area contributed by atoms with Crippen molar-refractivity contribution in [3.05, 3.63) is 23.8 Å². The van der Waals surface area contributed by atoms with E-state index in [4.69, 9.17) is 4.74 Å². The van der Waals surface area contributed by atoms with Crippen LogP contribution in [-0.2, 0) is 4.74 Å². The van der Waals surface area contributed by atoms with Gasteiger partial charge in [-0.1, -0.05) is 70.1 Å². The number of alkyl halides is 3. The van der Waals surface area contributed by atoms with Gasteiger partial charge in [-0.3, -0.25) is 0 Å². The van der Waals surface area contributed by atoms with Crippen molar-refractivity contribution in [1.82, 2.24) is 0 Å². The Balaban J connectivity index is 1.33. The fraction of sp³-hybridized carbons (Fsp3) is 0.846. The molecular weight excluding hydrogens is 385 g/mol. The second-order valence-electron chi connectivity index (χ2n) is 10.0. The summed E-state index contributed by atoms with van der Waals surface area (Å²) in [7, 11) is 0. The first-order chi connectivity index (χ1) is 14.4. The maximum absolute atomic E-state index is 12.3. The first-order valence-corrected chi connectivity index (χ1v) is 12.5. The predicted molar refractivity (Wildman–Crippen MR) is 117 cm³/mol. The summed E-state index contributed by atoms with van der Waals surface area (Å²) in [5.74, 6) is 3.42. The van der Waals surface area contributed by atoms with E-state index >= 15 is 0 Å². The van der Waals surface area contributed by atoms with Gasteiger partial charge in [-0.15, -0.1) is 0 Å². The SMILES string of the molecule is CCCCCCC1CCC(C2CCC(C3=CCC(OCC(F)(F)F)C=C3)CC2)CC1. The van der Waals surface area contributed by atoms with Crippen molar-refractivity contribution in [3.8, 4) is 0 Å². The number of hydrogen-bond donors (Lipinski definition) is 0. The maximum atomic E-state index is 12.3. The van der Waals surface area contributed by atoms with Crippen LogP contribution in [0.2, 0.25) is 0 Å². The molecule has 0 aliphatic heterocycles. The van der Waals surface area contributed by atoms with Crippen LogP contribution in [0.3, 0.4) is 0 Å². The van der Waals surface area contributed by atoms with E-state index in [1.165, 1.54) is 89.0 Å². The van der Waals surface area contributed by atoms with Crippen molar-refractivity contribution in [2.45, 2.75) is 109 Å². The van der Waals surface area contributed by atoms with Gasteiger partial charge in [-0.05, 0) is 74.2 Å². The Labute approximate surface area is 181 Å². The monoisotopic (exact) mass is 426 g/mol. The van der Waals surface area contributed by atoms with E-state index in [0.29, 0.717) is 12.3 Å². The molecule has 1 nitrogen and oxygen atoms in total. The van der Waals surface area contributed by atoms with Gasteiger partial charge in [0.25, 0.3) is 0 Å². The number of rotatable bonds is 9. The second-order valence-corrected chi connectivity index (χ2v) is 10.0. The molecule has 172 valence electrons. The molecule has 0 aromatic rings. The molecule has 0 spiro atoms. The topological polar surface area (TPSA) is 9.23 Å². The number of ether oxygens (including phenoxy) is 1. The van der Waals surface area contributed by atoms with E-state index < -0.39 is 18.9 Å². The van der Waals surface area contributed by atoms with Crippen LogP contribution in [0, 0.1) is 23.7 Å². The van der Waals surface area contributed by atoms with E-state index in [9.17, 15) is 13.2 Å². The smallest absolute Gasteiger partial charge is 0.364 e. The van der Waals surface area contributed by atoms with Crippen molar-refractivity contribution >= 4 is 0 Å². The second kappa shape index (κ2) is 11.7. The summed E-state index contributed by atoms with van der Waals surface area (Å²) in [6, 6.07) is 0. The summed E-state index contributed by atoms with van der Waals surface area (Å²) < 4.78 is 41.9. The quantitative estimate of drug-likeness (QED) is 0.336. The molecular formula is C26H41F3O. The van der Waals surface area contributed by atoms with Gasteiger partial charge in [-0.2, -0.15) is 13.2 Å². The minimum Gasteiger partial charge on any atom is -0.364 e. The molecule has 2 saturated carbocycles. The van der Waals surface area contributed by atoms with Gasteiger partial charge in [0.05, 0.1) is 6.10 Å². The maximum Gasteiger partial charge on any atom is 0.411 e. The Morgan fingerprint density at radius 2 is 1.57 bits per heavy atom. The van der Waals surface area contributed by atoms with Crippen LogP contribution in [0.4, 0.5) is 13.2 Å². The van der Waals surface area contributed by atoms with Crippen molar-refractivity contribution in [2.24, 2.45) is 23.7 Å². The van der Waals surface area contributed by atoms with Crippen LogP contribution in [0.25, 0.3) is 0 Å². The van der Waals surface area contributed by atoms with Crippen LogP contribution in [-0.4, -0.2) is 18.9 Å². The molecule has 0 radical (unpaired) electrons. The molecule has 3 aliphatic rings. The Hall–Kier alpha value is -0.770. The van der Waals surface area contributed by atoms with Gasteiger partial charge in [0.1, 0.15) is 6.61 Å². The van der Waals surface area contributed by atoms with Gasteiger partial charge >= 0.3 is 6.18 Å². The molecule has 0 aromatic heterocycles. The molecule has 0 saturated heterocycles. The van der Waals surface area contributed by atoms with Crippen LogP contribution >= 0.6 is 0 Å². The van der Waals surface area contributed by atoms with Gasteiger partial charge in [-0.25, -0.2) is 0 Å². The Morgan fingerprint density at radius 3 is 2.13 bits per heavy atom. The minimum absolute atomic E-state index is 0.427. The summed E-state index contributed by atoms with van der Waals surface area (Å²) in [5.41, 5.74) is 1.33. The predicted octanol–water partition coefficient (Wildman–Crippen LogP) is 8.40. The first kappa shape index (κ1) is 23.9. The highest BCUT2D eigenvalue weighted by atomic mass is 19.4. The lowest BCUT2D eigenvalue weighted by Crippen LogP contribution is -2.27. The molecule has 0 bridgehead atoms. The van der Waals surface area contributed by atoms with Gasteiger partial charge in [0.15, 0.2) is 0 Å². The summed E-state index contributed by atoms with van der Waals surface area (Å²) in [6.45, 7) is 1.13. The molecule has 0 aromatic carbocycles. The number of allylic oxidation sites excluding steroid dienone is 2. The highest BCUT2D eigenvalue weighted by molar-refractivity contribution is 5.27. The van der Waals surface area contributed by atoms with Crippen molar-refractivity contribution in [1.29, 1.82) is 0 Å². The lowest BCUT2D eigenvalue weighted by molar-refractivity contribution is -0.180. The third-order valence-corrected chi connectivity index (χ3v) is 7.82. The molecule has 3 rings (SSSR count). The van der Waals surface area contributed by atoms with Crippen LogP contribution in [0.5, 0.6) is 0 Å². The zero-order chi connectivity index (χ0) is 21.4.